The molecule has 0 amide bonds. The average Bonchev–Trinajstić information content (AvgIpc) is 2.59. The minimum absolute atomic E-state index is 0.481. The summed E-state index contributed by atoms with van der Waals surface area (Å²) in [5.74, 6) is -1.10. The Morgan fingerprint density at radius 2 is 1.50 bits per heavy atom. The molecule has 0 aliphatic carbocycles. The minimum Gasteiger partial charge on any atom is -0.386 e. The van der Waals surface area contributed by atoms with E-state index in [2.05, 4.69) is 18.7 Å². The van der Waals surface area contributed by atoms with Gasteiger partial charge < -0.3 is 9.64 Å². The topological polar surface area (TPSA) is 46.6 Å². The quantitative estimate of drug-likeness (QED) is 0.553. The van der Waals surface area contributed by atoms with Gasteiger partial charge in [0.25, 0.3) is 0 Å². The highest BCUT2D eigenvalue weighted by Gasteiger charge is 2.28. The van der Waals surface area contributed by atoms with Crippen LogP contribution in [0.2, 0.25) is 0 Å². The van der Waals surface area contributed by atoms with Crippen molar-refractivity contribution in [3.63, 3.8) is 0 Å². The van der Waals surface area contributed by atoms with E-state index >= 15 is 0 Å². The van der Waals surface area contributed by atoms with E-state index in [-0.39, 0.29) is 0 Å². The number of ether oxygens (including phenoxy) is 1. The lowest BCUT2D eigenvalue weighted by Gasteiger charge is -2.27. The second-order valence-corrected chi connectivity index (χ2v) is 6.23. The molecule has 4 heteroatoms. The number of benzene rings is 2. The molecule has 1 aliphatic heterocycles. The number of hydrogen-bond donors (Lipinski definition) is 0. The molecule has 2 aromatic rings. The van der Waals surface area contributed by atoms with Gasteiger partial charge in [0.2, 0.25) is 0 Å². The molecule has 0 radical (unpaired) electrons. The van der Waals surface area contributed by atoms with E-state index in [4.69, 9.17) is 4.74 Å². The fraction of sp³-hybridized carbons (Fsp3) is 0.400. The zero-order valence-corrected chi connectivity index (χ0v) is 14.3. The summed E-state index contributed by atoms with van der Waals surface area (Å²) in [5, 5.41) is 1.69. The second kappa shape index (κ2) is 7.04. The van der Waals surface area contributed by atoms with Gasteiger partial charge in [-0.05, 0) is 31.0 Å². The van der Waals surface area contributed by atoms with E-state index in [9.17, 15) is 9.59 Å². The van der Waals surface area contributed by atoms with Gasteiger partial charge in [0.15, 0.2) is 0 Å². The molecule has 0 bridgehead atoms. The first-order valence-electron chi connectivity index (χ1n) is 8.74. The zero-order chi connectivity index (χ0) is 17.1. The van der Waals surface area contributed by atoms with Crippen molar-refractivity contribution in [2.75, 3.05) is 18.0 Å². The Hall–Kier alpha value is -2.36. The Morgan fingerprint density at radius 3 is 2.12 bits per heavy atom. The van der Waals surface area contributed by atoms with E-state index in [0.717, 1.165) is 55.2 Å². The standard InChI is InChI=1S/C20H23NO3/c1-3-5-12-21(13-6-4-2)17-11-10-16-18-14(17)8-7-9-15(18)19(22)24-20(16)23/h7-11H,3-6,12-13H2,1-2H3. The largest absolute Gasteiger partial charge is 0.386 e. The fourth-order valence-corrected chi connectivity index (χ4v) is 3.25. The van der Waals surface area contributed by atoms with Crippen LogP contribution in [0.1, 0.15) is 60.2 Å². The van der Waals surface area contributed by atoms with Gasteiger partial charge in [0.05, 0.1) is 11.1 Å². The molecule has 24 heavy (non-hydrogen) atoms. The summed E-state index contributed by atoms with van der Waals surface area (Å²) >= 11 is 0. The fourth-order valence-electron chi connectivity index (χ4n) is 3.25. The summed E-state index contributed by atoms with van der Waals surface area (Å²) in [6, 6.07) is 9.37. The maximum atomic E-state index is 12.1. The van der Waals surface area contributed by atoms with Crippen molar-refractivity contribution in [2.45, 2.75) is 39.5 Å². The van der Waals surface area contributed by atoms with E-state index in [1.165, 1.54) is 0 Å². The van der Waals surface area contributed by atoms with Crippen LogP contribution < -0.4 is 4.90 Å². The van der Waals surface area contributed by atoms with Crippen LogP contribution in [-0.4, -0.2) is 25.0 Å². The second-order valence-electron chi connectivity index (χ2n) is 6.23. The van der Waals surface area contributed by atoms with Crippen LogP contribution in [0.4, 0.5) is 5.69 Å². The first kappa shape index (κ1) is 16.5. The first-order valence-corrected chi connectivity index (χ1v) is 8.74. The predicted octanol–water partition coefficient (Wildman–Crippen LogP) is 4.56. The smallest absolute Gasteiger partial charge is 0.346 e. The Bertz CT molecular complexity index is 754. The molecule has 4 nitrogen and oxygen atoms in total. The number of cyclic esters (lactones) is 2. The lowest BCUT2D eigenvalue weighted by molar-refractivity contribution is 0.0391. The van der Waals surface area contributed by atoms with Gasteiger partial charge in [-0.2, -0.15) is 0 Å². The Labute approximate surface area is 142 Å². The molecule has 0 unspecified atom stereocenters. The molecule has 0 fully saturated rings. The molecular formula is C20H23NO3. The van der Waals surface area contributed by atoms with Crippen molar-refractivity contribution in [1.82, 2.24) is 0 Å². The molecule has 0 aromatic heterocycles. The Kier molecular flexibility index (Phi) is 4.84. The van der Waals surface area contributed by atoms with Gasteiger partial charge in [0.1, 0.15) is 0 Å². The van der Waals surface area contributed by atoms with Crippen molar-refractivity contribution >= 4 is 28.4 Å². The number of carbonyl (C=O) groups is 2. The van der Waals surface area contributed by atoms with E-state index in [0.29, 0.717) is 11.1 Å². The van der Waals surface area contributed by atoms with Crippen molar-refractivity contribution in [1.29, 1.82) is 0 Å². The van der Waals surface area contributed by atoms with Gasteiger partial charge in [-0.15, -0.1) is 0 Å². The van der Waals surface area contributed by atoms with Crippen LogP contribution in [0.5, 0.6) is 0 Å². The molecule has 0 N–H and O–H groups in total. The highest BCUT2D eigenvalue weighted by molar-refractivity contribution is 6.22. The lowest BCUT2D eigenvalue weighted by Crippen LogP contribution is -2.27. The van der Waals surface area contributed by atoms with Gasteiger partial charge in [-0.25, -0.2) is 9.59 Å². The SMILES string of the molecule is CCCCN(CCCC)c1ccc2c3c(cccc13)C(=O)OC2=O. The van der Waals surface area contributed by atoms with Gasteiger partial charge in [0, 0.05) is 29.5 Å². The average molecular weight is 325 g/mol. The summed E-state index contributed by atoms with van der Waals surface area (Å²) < 4.78 is 4.84. The molecular weight excluding hydrogens is 302 g/mol. The van der Waals surface area contributed by atoms with Crippen LogP contribution in [-0.2, 0) is 4.74 Å². The number of hydrogen-bond acceptors (Lipinski definition) is 4. The van der Waals surface area contributed by atoms with Crippen LogP contribution in [0.25, 0.3) is 10.8 Å². The highest BCUT2D eigenvalue weighted by Crippen LogP contribution is 2.35. The highest BCUT2D eigenvalue weighted by atomic mass is 16.6. The molecule has 0 spiro atoms. The lowest BCUT2D eigenvalue weighted by atomic mass is 9.95. The van der Waals surface area contributed by atoms with Crippen LogP contribution in [0.3, 0.4) is 0 Å². The van der Waals surface area contributed by atoms with Crippen molar-refractivity contribution in [3.8, 4) is 0 Å². The van der Waals surface area contributed by atoms with Gasteiger partial charge in [-0.3, -0.25) is 0 Å². The van der Waals surface area contributed by atoms with Crippen LogP contribution in [0.15, 0.2) is 30.3 Å². The molecule has 126 valence electrons. The van der Waals surface area contributed by atoms with Gasteiger partial charge in [-0.1, -0.05) is 38.8 Å². The number of unbranched alkanes of at least 4 members (excludes halogenated alkanes) is 2. The molecule has 0 atom stereocenters. The number of anilines is 1. The van der Waals surface area contributed by atoms with Crippen molar-refractivity contribution in [2.24, 2.45) is 0 Å². The molecule has 1 aliphatic rings. The number of nitrogens with zero attached hydrogens (tertiary/aromatic N) is 1. The zero-order valence-electron chi connectivity index (χ0n) is 14.3. The molecule has 0 saturated carbocycles. The minimum atomic E-state index is -0.552. The number of esters is 2. The summed E-state index contributed by atoms with van der Waals surface area (Å²) in [6.45, 7) is 6.33. The molecule has 2 aromatic carbocycles. The monoisotopic (exact) mass is 325 g/mol. The normalized spacial score (nSPS) is 13.2. The third-order valence-electron chi connectivity index (χ3n) is 4.55. The summed E-state index contributed by atoms with van der Waals surface area (Å²) in [4.78, 5) is 26.5. The maximum absolute atomic E-state index is 12.1. The number of rotatable bonds is 7. The Balaban J connectivity index is 2.14. The summed E-state index contributed by atoms with van der Waals surface area (Å²) in [6.07, 6.45) is 4.50. The van der Waals surface area contributed by atoms with E-state index in [1.807, 2.05) is 18.2 Å². The van der Waals surface area contributed by atoms with Crippen molar-refractivity contribution in [3.05, 3.63) is 41.5 Å². The van der Waals surface area contributed by atoms with Crippen LogP contribution in [0, 0.1) is 0 Å². The van der Waals surface area contributed by atoms with E-state index in [1.54, 1.807) is 12.1 Å². The van der Waals surface area contributed by atoms with Crippen molar-refractivity contribution < 1.29 is 14.3 Å². The molecule has 1 heterocycles. The Morgan fingerprint density at radius 1 is 0.875 bits per heavy atom. The molecule has 3 rings (SSSR count). The van der Waals surface area contributed by atoms with E-state index < -0.39 is 11.9 Å². The number of carbonyl (C=O) groups excluding carboxylic acids is 2. The predicted molar refractivity (Wildman–Crippen MR) is 95.7 cm³/mol. The third kappa shape index (κ3) is 2.88. The van der Waals surface area contributed by atoms with Gasteiger partial charge >= 0.3 is 11.9 Å². The first-order chi connectivity index (χ1) is 11.7. The van der Waals surface area contributed by atoms with Crippen LogP contribution >= 0.6 is 0 Å². The maximum Gasteiger partial charge on any atom is 0.346 e. The summed E-state index contributed by atoms with van der Waals surface area (Å²) in [7, 11) is 0. The third-order valence-corrected chi connectivity index (χ3v) is 4.55. The summed E-state index contributed by atoms with van der Waals surface area (Å²) in [5.41, 5.74) is 2.06. The molecule has 0 saturated heterocycles.